The van der Waals surface area contributed by atoms with Crippen LogP contribution in [0.25, 0.3) is 0 Å². The maximum Gasteiger partial charge on any atom is 0.322 e. The van der Waals surface area contributed by atoms with Crippen LogP contribution >= 0.6 is 11.3 Å². The van der Waals surface area contributed by atoms with Gasteiger partial charge in [0, 0.05) is 31.2 Å². The molecule has 0 bridgehead atoms. The standard InChI is InChI=1S/C17H22N4O2S/c1-13-5-11-24-15(13)12-20(2)17(22)19-14-4-3-6-18-16(14)21-7-9-23-10-8-21/h3-6,11H,7-10,12H2,1-2H3,(H,19,22). The van der Waals surface area contributed by atoms with Crippen molar-refractivity contribution >= 4 is 28.9 Å². The molecule has 1 N–H and O–H groups in total. The van der Waals surface area contributed by atoms with Crippen molar-refractivity contribution in [3.8, 4) is 0 Å². The van der Waals surface area contributed by atoms with E-state index in [1.54, 1.807) is 29.5 Å². The van der Waals surface area contributed by atoms with Crippen molar-refractivity contribution in [1.82, 2.24) is 9.88 Å². The van der Waals surface area contributed by atoms with Gasteiger partial charge in [0.25, 0.3) is 0 Å². The minimum Gasteiger partial charge on any atom is -0.378 e. The summed E-state index contributed by atoms with van der Waals surface area (Å²) in [5, 5.41) is 5.04. The van der Waals surface area contributed by atoms with Crippen LogP contribution in [-0.4, -0.2) is 49.3 Å². The highest BCUT2D eigenvalue weighted by atomic mass is 32.1. The van der Waals surface area contributed by atoms with Crippen LogP contribution in [0.4, 0.5) is 16.3 Å². The van der Waals surface area contributed by atoms with Crippen molar-refractivity contribution in [3.63, 3.8) is 0 Å². The van der Waals surface area contributed by atoms with Gasteiger partial charge in [0.05, 0.1) is 25.4 Å². The fourth-order valence-electron chi connectivity index (χ4n) is 2.59. The maximum absolute atomic E-state index is 12.5. The molecule has 128 valence electrons. The van der Waals surface area contributed by atoms with E-state index < -0.39 is 0 Å². The van der Waals surface area contributed by atoms with Crippen molar-refractivity contribution in [2.24, 2.45) is 0 Å². The maximum atomic E-state index is 12.5. The van der Waals surface area contributed by atoms with E-state index in [0.717, 1.165) is 24.6 Å². The molecule has 0 spiro atoms. The van der Waals surface area contributed by atoms with Gasteiger partial charge in [-0.2, -0.15) is 0 Å². The van der Waals surface area contributed by atoms with Crippen molar-refractivity contribution in [2.45, 2.75) is 13.5 Å². The van der Waals surface area contributed by atoms with Crippen molar-refractivity contribution in [2.75, 3.05) is 43.6 Å². The minimum absolute atomic E-state index is 0.134. The molecule has 3 heterocycles. The molecule has 3 rings (SSSR count). The summed E-state index contributed by atoms with van der Waals surface area (Å²) in [7, 11) is 1.80. The van der Waals surface area contributed by atoms with E-state index in [0.29, 0.717) is 19.8 Å². The van der Waals surface area contributed by atoms with Crippen LogP contribution in [0.15, 0.2) is 29.8 Å². The fourth-order valence-corrected chi connectivity index (χ4v) is 3.54. The largest absolute Gasteiger partial charge is 0.378 e. The molecular formula is C17H22N4O2S. The van der Waals surface area contributed by atoms with Crippen molar-refractivity contribution in [1.29, 1.82) is 0 Å². The molecule has 0 saturated carbocycles. The first-order valence-electron chi connectivity index (χ1n) is 7.98. The van der Waals surface area contributed by atoms with Gasteiger partial charge in [-0.15, -0.1) is 11.3 Å². The number of anilines is 2. The fraction of sp³-hybridized carbons (Fsp3) is 0.412. The molecule has 1 aliphatic rings. The first kappa shape index (κ1) is 16.7. The molecule has 7 heteroatoms. The van der Waals surface area contributed by atoms with E-state index in [9.17, 15) is 4.79 Å². The lowest BCUT2D eigenvalue weighted by molar-refractivity contribution is 0.122. The Morgan fingerprint density at radius 3 is 2.92 bits per heavy atom. The highest BCUT2D eigenvalue weighted by molar-refractivity contribution is 7.10. The van der Waals surface area contributed by atoms with Crippen LogP contribution in [0.2, 0.25) is 0 Å². The van der Waals surface area contributed by atoms with Gasteiger partial charge in [-0.05, 0) is 36.1 Å². The zero-order valence-electron chi connectivity index (χ0n) is 14.0. The number of hydrogen-bond donors (Lipinski definition) is 1. The lowest BCUT2D eigenvalue weighted by Crippen LogP contribution is -2.38. The van der Waals surface area contributed by atoms with E-state index in [-0.39, 0.29) is 6.03 Å². The second-order valence-electron chi connectivity index (χ2n) is 5.79. The molecule has 1 fully saturated rings. The van der Waals surface area contributed by atoms with Crippen molar-refractivity contribution < 1.29 is 9.53 Å². The lowest BCUT2D eigenvalue weighted by Gasteiger charge is -2.29. The van der Waals surface area contributed by atoms with Gasteiger partial charge in [-0.3, -0.25) is 0 Å². The number of rotatable bonds is 4. The molecule has 6 nitrogen and oxygen atoms in total. The first-order valence-corrected chi connectivity index (χ1v) is 8.86. The molecule has 0 radical (unpaired) electrons. The Balaban J connectivity index is 1.68. The minimum atomic E-state index is -0.134. The summed E-state index contributed by atoms with van der Waals surface area (Å²) in [6, 6.07) is 5.66. The second kappa shape index (κ2) is 7.63. The van der Waals surface area contributed by atoms with E-state index >= 15 is 0 Å². The summed E-state index contributed by atoms with van der Waals surface area (Å²) in [4.78, 5) is 22.0. The summed E-state index contributed by atoms with van der Waals surface area (Å²) in [5.41, 5.74) is 1.95. The molecular weight excluding hydrogens is 324 g/mol. The number of amides is 2. The monoisotopic (exact) mass is 346 g/mol. The highest BCUT2D eigenvalue weighted by Gasteiger charge is 2.18. The second-order valence-corrected chi connectivity index (χ2v) is 6.79. The number of carbonyl (C=O) groups is 1. The van der Waals surface area contributed by atoms with Gasteiger partial charge < -0.3 is 19.9 Å². The molecule has 0 aliphatic carbocycles. The Bertz CT molecular complexity index is 697. The Kier molecular flexibility index (Phi) is 5.32. The Labute approximate surface area is 146 Å². The molecule has 2 amide bonds. The summed E-state index contributed by atoms with van der Waals surface area (Å²) in [5.74, 6) is 0.801. The van der Waals surface area contributed by atoms with Crippen LogP contribution in [-0.2, 0) is 11.3 Å². The summed E-state index contributed by atoms with van der Waals surface area (Å²) >= 11 is 1.67. The van der Waals surface area contributed by atoms with Gasteiger partial charge in [-0.25, -0.2) is 9.78 Å². The molecule has 0 atom stereocenters. The SMILES string of the molecule is Cc1ccsc1CN(C)C(=O)Nc1cccnc1N1CCOCC1. The number of hydrogen-bond acceptors (Lipinski definition) is 5. The summed E-state index contributed by atoms with van der Waals surface area (Å²) < 4.78 is 5.39. The number of nitrogens with zero attached hydrogens (tertiary/aromatic N) is 3. The molecule has 2 aromatic rings. The van der Waals surface area contributed by atoms with E-state index in [1.807, 2.05) is 17.5 Å². The summed E-state index contributed by atoms with van der Waals surface area (Å²) in [6.07, 6.45) is 1.75. The highest BCUT2D eigenvalue weighted by Crippen LogP contribution is 2.24. The number of ether oxygens (including phenoxy) is 1. The van der Waals surface area contributed by atoms with E-state index in [4.69, 9.17) is 4.74 Å². The predicted molar refractivity (Wildman–Crippen MR) is 96.8 cm³/mol. The number of aromatic nitrogens is 1. The third kappa shape index (κ3) is 3.85. The number of morpholine rings is 1. The van der Waals surface area contributed by atoms with Crippen LogP contribution < -0.4 is 10.2 Å². The van der Waals surface area contributed by atoms with Gasteiger partial charge in [0.1, 0.15) is 0 Å². The number of pyridine rings is 1. The Morgan fingerprint density at radius 2 is 2.21 bits per heavy atom. The number of carbonyl (C=O) groups excluding carboxylic acids is 1. The smallest absolute Gasteiger partial charge is 0.322 e. The van der Waals surface area contributed by atoms with Gasteiger partial charge in [-0.1, -0.05) is 0 Å². The molecule has 2 aromatic heterocycles. The third-order valence-electron chi connectivity index (χ3n) is 4.03. The Hall–Kier alpha value is -2.12. The Morgan fingerprint density at radius 1 is 1.42 bits per heavy atom. The normalized spacial score (nSPS) is 14.5. The quantitative estimate of drug-likeness (QED) is 0.925. The number of nitrogens with one attached hydrogen (secondary N) is 1. The predicted octanol–water partition coefficient (Wildman–Crippen LogP) is 2.95. The molecule has 1 saturated heterocycles. The van der Waals surface area contributed by atoms with Gasteiger partial charge >= 0.3 is 6.03 Å². The average Bonchev–Trinajstić information content (AvgIpc) is 3.01. The van der Waals surface area contributed by atoms with Crippen molar-refractivity contribution in [3.05, 3.63) is 40.2 Å². The first-order chi connectivity index (χ1) is 11.6. The third-order valence-corrected chi connectivity index (χ3v) is 5.04. The number of thiophene rings is 1. The number of aryl methyl sites for hydroxylation is 1. The lowest BCUT2D eigenvalue weighted by atomic mass is 10.3. The van der Waals surface area contributed by atoms with Crippen LogP contribution in [0.5, 0.6) is 0 Å². The zero-order valence-corrected chi connectivity index (χ0v) is 14.8. The van der Waals surface area contributed by atoms with Gasteiger partial charge in [0.2, 0.25) is 0 Å². The molecule has 1 aliphatic heterocycles. The van der Waals surface area contributed by atoms with Gasteiger partial charge in [0.15, 0.2) is 5.82 Å². The topological polar surface area (TPSA) is 57.7 Å². The molecule has 0 unspecified atom stereocenters. The van der Waals surface area contributed by atoms with E-state index in [1.165, 1.54) is 10.4 Å². The molecule has 0 aromatic carbocycles. The average molecular weight is 346 g/mol. The molecule has 24 heavy (non-hydrogen) atoms. The van der Waals surface area contributed by atoms with E-state index in [2.05, 4.69) is 28.2 Å². The van der Waals surface area contributed by atoms with Crippen LogP contribution in [0.3, 0.4) is 0 Å². The summed E-state index contributed by atoms with van der Waals surface area (Å²) in [6.45, 7) is 5.59. The zero-order chi connectivity index (χ0) is 16.9. The number of urea groups is 1. The van der Waals surface area contributed by atoms with Crippen LogP contribution in [0, 0.1) is 6.92 Å². The van der Waals surface area contributed by atoms with Crippen LogP contribution in [0.1, 0.15) is 10.4 Å².